The summed E-state index contributed by atoms with van der Waals surface area (Å²) in [6.07, 6.45) is 1.72. The third-order valence-electron chi connectivity index (χ3n) is 6.36. The summed E-state index contributed by atoms with van der Waals surface area (Å²) in [6.45, 7) is 18.2. The second-order valence-corrected chi connectivity index (χ2v) is 16.4. The van der Waals surface area contributed by atoms with E-state index < -0.39 is 26.4 Å². The van der Waals surface area contributed by atoms with E-state index in [1.54, 1.807) is 6.20 Å². The van der Waals surface area contributed by atoms with Crippen LogP contribution in [0.2, 0.25) is 25.7 Å². The van der Waals surface area contributed by atoms with Gasteiger partial charge < -0.3 is 18.5 Å². The molecule has 0 saturated carbocycles. The maximum Gasteiger partial charge on any atom is 0.494 e. The highest BCUT2D eigenvalue weighted by molar-refractivity contribution is 6.76. The van der Waals surface area contributed by atoms with Gasteiger partial charge in [0.15, 0.2) is 11.7 Å². The summed E-state index contributed by atoms with van der Waals surface area (Å²) in [4.78, 5) is 4.26. The van der Waals surface area contributed by atoms with Crippen molar-refractivity contribution in [3.05, 3.63) is 30.3 Å². The molecule has 0 bridgehead atoms. The van der Waals surface area contributed by atoms with Crippen LogP contribution in [0.1, 0.15) is 33.6 Å². The molecule has 0 atom stereocenters. The quantitative estimate of drug-likeness (QED) is 0.383. The number of oxazole rings is 1. The van der Waals surface area contributed by atoms with Crippen molar-refractivity contribution in [3.8, 4) is 11.5 Å². The third-order valence-corrected chi connectivity index (χ3v) is 8.07. The summed E-state index contributed by atoms with van der Waals surface area (Å²) in [6, 6.07) is 7.29. The molecular formula is C23H34BN3O4Si. The molecule has 4 rings (SSSR count). The molecule has 172 valence electrons. The highest BCUT2D eigenvalue weighted by atomic mass is 28.3. The molecule has 2 aromatic heterocycles. The maximum absolute atomic E-state index is 6.26. The summed E-state index contributed by atoms with van der Waals surface area (Å²) in [5.41, 5.74) is 1.88. The highest BCUT2D eigenvalue weighted by Gasteiger charge is 2.51. The van der Waals surface area contributed by atoms with Gasteiger partial charge in [0, 0.05) is 27.0 Å². The van der Waals surface area contributed by atoms with E-state index in [1.807, 2.05) is 17.7 Å². The predicted molar refractivity (Wildman–Crippen MR) is 130 cm³/mol. The molecule has 1 saturated heterocycles. The average molecular weight is 455 g/mol. The lowest BCUT2D eigenvalue weighted by Gasteiger charge is -2.32. The Bertz CT molecular complexity index is 1100. The van der Waals surface area contributed by atoms with Crippen LogP contribution in [-0.2, 0) is 20.8 Å². The summed E-state index contributed by atoms with van der Waals surface area (Å²) in [7, 11) is -1.59. The molecule has 0 aliphatic carbocycles. The van der Waals surface area contributed by atoms with Crippen LogP contribution in [0.5, 0.6) is 0 Å². The van der Waals surface area contributed by atoms with Crippen molar-refractivity contribution >= 4 is 31.6 Å². The SMILES string of the molecule is Cc1ncc(-c2nn(COCC[Si](C)(C)C)c3ccc(B4OC(C)(C)C(C)(C)O4)cc23)o1. The summed E-state index contributed by atoms with van der Waals surface area (Å²) in [5.74, 6) is 1.25. The van der Waals surface area contributed by atoms with Gasteiger partial charge in [0.25, 0.3) is 0 Å². The van der Waals surface area contributed by atoms with E-state index in [2.05, 4.69) is 64.5 Å². The number of benzene rings is 1. The van der Waals surface area contributed by atoms with Crippen LogP contribution in [-0.4, -0.2) is 47.8 Å². The molecule has 0 radical (unpaired) electrons. The molecule has 1 aromatic carbocycles. The van der Waals surface area contributed by atoms with Gasteiger partial charge in [0.2, 0.25) is 0 Å². The molecule has 9 heteroatoms. The minimum Gasteiger partial charge on any atom is -0.439 e. The molecule has 1 aliphatic heterocycles. The van der Waals surface area contributed by atoms with Crippen molar-refractivity contribution < 1.29 is 18.5 Å². The van der Waals surface area contributed by atoms with E-state index >= 15 is 0 Å². The molecule has 32 heavy (non-hydrogen) atoms. The molecule has 3 aromatic rings. The van der Waals surface area contributed by atoms with E-state index in [0.29, 0.717) is 18.4 Å². The number of aromatic nitrogens is 3. The van der Waals surface area contributed by atoms with E-state index in [4.69, 9.17) is 23.6 Å². The summed E-state index contributed by atoms with van der Waals surface area (Å²) < 4.78 is 26.2. The third kappa shape index (κ3) is 4.57. The lowest BCUT2D eigenvalue weighted by atomic mass is 9.78. The molecule has 1 fully saturated rings. The van der Waals surface area contributed by atoms with Gasteiger partial charge in [0.05, 0.1) is 22.9 Å². The van der Waals surface area contributed by atoms with Crippen molar-refractivity contribution in [2.24, 2.45) is 0 Å². The second-order valence-electron chi connectivity index (χ2n) is 10.8. The standard InChI is InChI=1S/C23H34BN3O4Si/c1-16-25-14-20(29-16)21-18-13-17(24-30-22(2,3)23(4,5)31-24)9-10-19(18)27(26-21)15-28-11-12-32(6,7)8/h9-10,13-14H,11-12,15H2,1-8H3. The zero-order chi connectivity index (χ0) is 23.3. The largest absolute Gasteiger partial charge is 0.494 e. The fourth-order valence-electron chi connectivity index (χ4n) is 3.60. The Morgan fingerprint density at radius 1 is 1.09 bits per heavy atom. The molecular weight excluding hydrogens is 421 g/mol. The van der Waals surface area contributed by atoms with Gasteiger partial charge in [-0.1, -0.05) is 31.8 Å². The Morgan fingerprint density at radius 2 is 1.78 bits per heavy atom. The Hall–Kier alpha value is -1.94. The monoisotopic (exact) mass is 455 g/mol. The van der Waals surface area contributed by atoms with Crippen molar-refractivity contribution in [3.63, 3.8) is 0 Å². The van der Waals surface area contributed by atoms with Crippen LogP contribution < -0.4 is 5.46 Å². The van der Waals surface area contributed by atoms with Gasteiger partial charge in [-0.3, -0.25) is 0 Å². The Balaban J connectivity index is 1.68. The van der Waals surface area contributed by atoms with Gasteiger partial charge in [-0.15, -0.1) is 0 Å². The van der Waals surface area contributed by atoms with E-state index in [0.717, 1.165) is 34.7 Å². The molecule has 3 heterocycles. The summed E-state index contributed by atoms with van der Waals surface area (Å²) >= 11 is 0. The Morgan fingerprint density at radius 3 is 2.38 bits per heavy atom. The van der Waals surface area contributed by atoms with Crippen molar-refractivity contribution in [1.29, 1.82) is 0 Å². The molecule has 0 amide bonds. The van der Waals surface area contributed by atoms with Crippen molar-refractivity contribution in [1.82, 2.24) is 14.8 Å². The number of hydrogen-bond acceptors (Lipinski definition) is 6. The highest BCUT2D eigenvalue weighted by Crippen LogP contribution is 2.37. The van der Waals surface area contributed by atoms with Crippen LogP contribution in [0.25, 0.3) is 22.4 Å². The normalized spacial score (nSPS) is 18.1. The van der Waals surface area contributed by atoms with E-state index in [-0.39, 0.29) is 0 Å². The number of rotatable bonds is 7. The first-order chi connectivity index (χ1) is 14.9. The first-order valence-electron chi connectivity index (χ1n) is 11.2. The van der Waals surface area contributed by atoms with Crippen molar-refractivity contribution in [2.45, 2.75) is 78.2 Å². The van der Waals surface area contributed by atoms with Crippen molar-refractivity contribution in [2.75, 3.05) is 6.61 Å². The lowest BCUT2D eigenvalue weighted by molar-refractivity contribution is 0.00578. The van der Waals surface area contributed by atoms with Gasteiger partial charge in [-0.25, -0.2) is 9.67 Å². The van der Waals surface area contributed by atoms with Crippen LogP contribution in [0.3, 0.4) is 0 Å². The fourth-order valence-corrected chi connectivity index (χ4v) is 4.36. The number of hydrogen-bond donors (Lipinski definition) is 0. The smallest absolute Gasteiger partial charge is 0.439 e. The Labute approximate surface area is 191 Å². The van der Waals surface area contributed by atoms with E-state index in [1.165, 1.54) is 0 Å². The van der Waals surface area contributed by atoms with Crippen LogP contribution in [0.4, 0.5) is 0 Å². The van der Waals surface area contributed by atoms with Crippen LogP contribution in [0, 0.1) is 6.92 Å². The molecule has 0 spiro atoms. The first kappa shape index (κ1) is 23.2. The lowest BCUT2D eigenvalue weighted by Crippen LogP contribution is -2.41. The Kier molecular flexibility index (Phi) is 5.90. The summed E-state index contributed by atoms with van der Waals surface area (Å²) in [5, 5.41) is 5.78. The van der Waals surface area contributed by atoms with Gasteiger partial charge in [-0.2, -0.15) is 5.10 Å². The molecule has 7 nitrogen and oxygen atoms in total. The van der Waals surface area contributed by atoms with E-state index in [9.17, 15) is 0 Å². The second kappa shape index (κ2) is 8.13. The number of aryl methyl sites for hydroxylation is 1. The predicted octanol–water partition coefficient (Wildman–Crippen LogP) is 4.61. The first-order valence-corrected chi connectivity index (χ1v) is 14.9. The van der Waals surface area contributed by atoms with Gasteiger partial charge in [-0.05, 0) is 45.3 Å². The van der Waals surface area contributed by atoms with Gasteiger partial charge in [0.1, 0.15) is 12.4 Å². The number of nitrogens with zero attached hydrogens (tertiary/aromatic N) is 3. The average Bonchev–Trinajstić information content (AvgIpc) is 3.32. The molecule has 1 aliphatic rings. The topological polar surface area (TPSA) is 71.5 Å². The van der Waals surface area contributed by atoms with Crippen LogP contribution >= 0.6 is 0 Å². The zero-order valence-electron chi connectivity index (χ0n) is 20.5. The molecule has 0 unspecified atom stereocenters. The number of fused-ring (bicyclic) bond motifs is 1. The maximum atomic E-state index is 6.26. The van der Waals surface area contributed by atoms with Gasteiger partial charge >= 0.3 is 7.12 Å². The fraction of sp³-hybridized carbons (Fsp3) is 0.565. The number of ether oxygens (including phenoxy) is 1. The molecule has 0 N–H and O–H groups in total. The minimum absolute atomic E-state index is 0.393. The van der Waals surface area contributed by atoms with Crippen LogP contribution in [0.15, 0.2) is 28.8 Å². The minimum atomic E-state index is -1.15. The zero-order valence-corrected chi connectivity index (χ0v) is 21.5.